The molecule has 2 aliphatic heterocycles. The third kappa shape index (κ3) is 4.61. The number of carbonyl (C=O) groups excluding carboxylic acids is 2. The molecule has 1 aromatic rings. The number of benzene rings is 1. The Hall–Kier alpha value is -2.62. The maximum Gasteiger partial charge on any atom is 0.414 e. The van der Waals surface area contributed by atoms with E-state index in [4.69, 9.17) is 21.7 Å². The monoisotopic (exact) mass is 412 g/mol. The second-order valence-corrected chi connectivity index (χ2v) is 6.35. The van der Waals surface area contributed by atoms with Crippen LogP contribution in [0, 0.1) is 5.82 Å². The topological polar surface area (TPSA) is 74.4 Å². The maximum atomic E-state index is 14.5. The Morgan fingerprint density at radius 3 is 2.61 bits per heavy atom. The lowest BCUT2D eigenvalue weighted by atomic mass is 10.2. The molecule has 0 radical (unpaired) electrons. The van der Waals surface area contributed by atoms with Crippen molar-refractivity contribution in [1.82, 2.24) is 10.2 Å². The van der Waals surface area contributed by atoms with Gasteiger partial charge in [-0.2, -0.15) is 0 Å². The number of anilines is 2. The first-order valence-corrected chi connectivity index (χ1v) is 9.43. The molecule has 0 aromatic heterocycles. The Morgan fingerprint density at radius 1 is 1.32 bits per heavy atom. The predicted octanol–water partition coefficient (Wildman–Crippen LogP) is 2.57. The van der Waals surface area contributed by atoms with Crippen LogP contribution in [-0.4, -0.2) is 68.6 Å². The number of urea groups is 1. The van der Waals surface area contributed by atoms with Crippen LogP contribution >= 0.6 is 12.2 Å². The smallest absolute Gasteiger partial charge is 0.414 e. The Labute approximate surface area is 169 Å². The summed E-state index contributed by atoms with van der Waals surface area (Å²) in [6, 6.07) is 4.08. The largest absolute Gasteiger partial charge is 0.474 e. The number of rotatable bonds is 4. The van der Waals surface area contributed by atoms with Crippen molar-refractivity contribution in [1.29, 1.82) is 0 Å². The third-order valence-corrected chi connectivity index (χ3v) is 4.59. The molecule has 8 nitrogen and oxygen atoms in total. The number of ether oxygens (including phenoxy) is 2. The molecule has 2 heterocycles. The van der Waals surface area contributed by atoms with Crippen LogP contribution in [-0.2, 0) is 9.47 Å². The van der Waals surface area contributed by atoms with Gasteiger partial charge >= 0.3 is 12.1 Å². The quantitative estimate of drug-likeness (QED) is 0.767. The molecule has 28 heavy (non-hydrogen) atoms. The lowest BCUT2D eigenvalue weighted by Crippen LogP contribution is -2.34. The summed E-state index contributed by atoms with van der Waals surface area (Å²) in [6.45, 7) is 5.51. The van der Waals surface area contributed by atoms with Crippen molar-refractivity contribution in [3.63, 3.8) is 0 Å². The average Bonchev–Trinajstić information content (AvgIpc) is 3.24. The summed E-state index contributed by atoms with van der Waals surface area (Å²) in [5.74, 6) is -0.568. The Morgan fingerprint density at radius 2 is 2.04 bits per heavy atom. The van der Waals surface area contributed by atoms with Crippen molar-refractivity contribution in [2.24, 2.45) is 0 Å². The van der Waals surface area contributed by atoms with E-state index in [1.165, 1.54) is 33.9 Å². The van der Waals surface area contributed by atoms with Crippen LogP contribution < -0.4 is 15.1 Å². The highest BCUT2D eigenvalue weighted by Gasteiger charge is 2.34. The minimum atomic E-state index is -0.568. The molecule has 1 atom stereocenters. The molecule has 2 aliphatic rings. The number of hydrogen-bond donors (Lipinski definition) is 1. The van der Waals surface area contributed by atoms with Crippen LogP contribution in [0.15, 0.2) is 18.2 Å². The maximum absolute atomic E-state index is 14.5. The third-order valence-electron chi connectivity index (χ3n) is 4.28. The molecule has 0 aliphatic carbocycles. The first-order chi connectivity index (χ1) is 13.4. The summed E-state index contributed by atoms with van der Waals surface area (Å²) in [4.78, 5) is 28.3. The summed E-state index contributed by atoms with van der Waals surface area (Å²) in [5, 5.41) is 3.02. The van der Waals surface area contributed by atoms with Crippen molar-refractivity contribution in [2.45, 2.75) is 20.0 Å². The standard InChI is InChI=1S/C16H19FN4O4S.C2H6/c1-19-5-6-20(15(19)22)13-4-3-10(7-12(13)17)21-9-11(25-16(21)23)8-18-14(26)24-2;1-2/h3-4,7,11H,5-6,8-9H2,1-2H3,(H,18,26);1-2H3. The molecular formula is C18H25FN4O4S. The summed E-state index contributed by atoms with van der Waals surface area (Å²) in [6.07, 6.45) is -1.00. The molecule has 1 unspecified atom stereocenters. The first-order valence-electron chi connectivity index (χ1n) is 9.03. The highest BCUT2D eigenvalue weighted by Crippen LogP contribution is 2.29. The van der Waals surface area contributed by atoms with Crippen molar-refractivity contribution in [2.75, 3.05) is 50.1 Å². The fraction of sp³-hybridized carbons (Fsp3) is 0.500. The van der Waals surface area contributed by atoms with Crippen molar-refractivity contribution < 1.29 is 23.5 Å². The number of thiocarbonyl (C=S) groups is 1. The van der Waals surface area contributed by atoms with Gasteiger partial charge in [-0.15, -0.1) is 0 Å². The molecule has 0 spiro atoms. The minimum Gasteiger partial charge on any atom is -0.474 e. The van der Waals surface area contributed by atoms with Crippen LogP contribution in [0.2, 0.25) is 0 Å². The number of amides is 3. The van der Waals surface area contributed by atoms with E-state index in [9.17, 15) is 14.0 Å². The molecule has 1 N–H and O–H groups in total. The normalized spacial score (nSPS) is 18.6. The lowest BCUT2D eigenvalue weighted by Gasteiger charge is -2.19. The van der Waals surface area contributed by atoms with Crippen LogP contribution in [0.4, 0.5) is 25.4 Å². The van der Waals surface area contributed by atoms with E-state index in [0.717, 1.165) is 0 Å². The van der Waals surface area contributed by atoms with E-state index in [2.05, 4.69) is 5.32 Å². The first kappa shape index (κ1) is 21.7. The van der Waals surface area contributed by atoms with Crippen LogP contribution in [0.5, 0.6) is 0 Å². The number of halogens is 1. The number of nitrogens with zero attached hydrogens (tertiary/aromatic N) is 3. The summed E-state index contributed by atoms with van der Waals surface area (Å²) < 4.78 is 24.6. The SMILES string of the molecule is CC.COC(=S)NCC1CN(c2ccc(N3CCN(C)C3=O)c(F)c2)C(=O)O1. The Kier molecular flexibility index (Phi) is 7.38. The van der Waals surface area contributed by atoms with E-state index >= 15 is 0 Å². The number of likely N-dealkylation sites (N-methyl/N-ethyl adjacent to an activating group) is 1. The molecule has 154 valence electrons. The molecule has 2 fully saturated rings. The lowest BCUT2D eigenvalue weighted by molar-refractivity contribution is 0.142. The van der Waals surface area contributed by atoms with Crippen molar-refractivity contribution in [3.05, 3.63) is 24.0 Å². The molecule has 3 amide bonds. The van der Waals surface area contributed by atoms with Gasteiger partial charge in [-0.1, -0.05) is 13.8 Å². The number of cyclic esters (lactones) is 1. The minimum absolute atomic E-state index is 0.194. The fourth-order valence-corrected chi connectivity index (χ4v) is 2.94. The van der Waals surface area contributed by atoms with Crippen LogP contribution in [0.1, 0.15) is 13.8 Å². The summed E-state index contributed by atoms with van der Waals surface area (Å²) in [5.41, 5.74) is 0.562. The molecule has 1 aromatic carbocycles. The van der Waals surface area contributed by atoms with Crippen LogP contribution in [0.25, 0.3) is 0 Å². The van der Waals surface area contributed by atoms with Crippen LogP contribution in [0.3, 0.4) is 0 Å². The van der Waals surface area contributed by atoms with E-state index < -0.39 is 18.0 Å². The second kappa shape index (κ2) is 9.54. The van der Waals surface area contributed by atoms with Gasteiger partial charge in [0.15, 0.2) is 0 Å². The zero-order chi connectivity index (χ0) is 20.8. The number of hydrogen-bond acceptors (Lipinski definition) is 5. The average molecular weight is 412 g/mol. The Bertz CT molecular complexity index is 748. The molecule has 10 heteroatoms. The van der Waals surface area contributed by atoms with Gasteiger partial charge in [0.1, 0.15) is 11.9 Å². The summed E-state index contributed by atoms with van der Waals surface area (Å²) >= 11 is 4.87. The Balaban J connectivity index is 0.00000136. The van der Waals surface area contributed by atoms with E-state index in [1.54, 1.807) is 13.1 Å². The second-order valence-electron chi connectivity index (χ2n) is 5.98. The van der Waals surface area contributed by atoms with Gasteiger partial charge in [0, 0.05) is 20.1 Å². The van der Waals surface area contributed by atoms with Gasteiger partial charge in [-0.3, -0.25) is 9.80 Å². The molecule has 3 rings (SSSR count). The zero-order valence-electron chi connectivity index (χ0n) is 16.4. The molecule has 0 saturated carbocycles. The summed E-state index contributed by atoms with van der Waals surface area (Å²) in [7, 11) is 3.10. The van der Waals surface area contributed by atoms with Gasteiger partial charge in [0.05, 0.1) is 31.6 Å². The molecule has 0 bridgehead atoms. The van der Waals surface area contributed by atoms with Crippen molar-refractivity contribution in [3.8, 4) is 0 Å². The van der Waals surface area contributed by atoms with Gasteiger partial charge in [-0.25, -0.2) is 14.0 Å². The number of methoxy groups -OCH3 is 1. The fourth-order valence-electron chi connectivity index (χ4n) is 2.86. The van der Waals surface area contributed by atoms with Gasteiger partial charge in [-0.05, 0) is 30.4 Å². The van der Waals surface area contributed by atoms with E-state index in [1.807, 2.05) is 13.8 Å². The zero-order valence-corrected chi connectivity index (χ0v) is 17.2. The predicted molar refractivity (Wildman–Crippen MR) is 108 cm³/mol. The van der Waals surface area contributed by atoms with Crippen molar-refractivity contribution >= 4 is 40.9 Å². The van der Waals surface area contributed by atoms with Gasteiger partial charge in [0.2, 0.25) is 0 Å². The van der Waals surface area contributed by atoms with Gasteiger partial charge in [0.25, 0.3) is 5.17 Å². The van der Waals surface area contributed by atoms with Gasteiger partial charge < -0.3 is 19.7 Å². The number of carbonyl (C=O) groups is 2. The molecular weight excluding hydrogens is 387 g/mol. The molecule has 2 saturated heterocycles. The van der Waals surface area contributed by atoms with E-state index in [-0.39, 0.29) is 23.4 Å². The van der Waals surface area contributed by atoms with E-state index in [0.29, 0.717) is 25.3 Å². The highest BCUT2D eigenvalue weighted by atomic mass is 32.1. The number of nitrogens with one attached hydrogen (secondary N) is 1. The highest BCUT2D eigenvalue weighted by molar-refractivity contribution is 7.80.